The van der Waals surface area contributed by atoms with Gasteiger partial charge in [-0.05, 0) is 35.4 Å². The first-order valence-corrected chi connectivity index (χ1v) is 6.02. The van der Waals surface area contributed by atoms with Crippen molar-refractivity contribution in [2.24, 2.45) is 0 Å². The maximum atomic E-state index is 13.0. The molecule has 126 valence electrons. The molecule has 0 aliphatic heterocycles. The standard InChI is InChI=1S/C14H7F9/c1-6-9(13(18,19)20)5-10(14(21,22)23)7-3-2-4-8(11(6)7)12(15,16)17/h2-5H,1H3. The average Bonchev–Trinajstić information content (AvgIpc) is 2.34. The molecule has 0 bridgehead atoms. The van der Waals surface area contributed by atoms with E-state index in [1.807, 2.05) is 0 Å². The monoisotopic (exact) mass is 346 g/mol. The van der Waals surface area contributed by atoms with Crippen LogP contribution in [0.25, 0.3) is 10.8 Å². The average molecular weight is 346 g/mol. The summed E-state index contributed by atoms with van der Waals surface area (Å²) in [5.41, 5.74) is -5.93. The topological polar surface area (TPSA) is 0 Å². The van der Waals surface area contributed by atoms with E-state index in [9.17, 15) is 39.5 Å². The van der Waals surface area contributed by atoms with Gasteiger partial charge in [-0.25, -0.2) is 0 Å². The third kappa shape index (κ3) is 3.09. The zero-order valence-electron chi connectivity index (χ0n) is 11.2. The minimum atomic E-state index is -5.23. The van der Waals surface area contributed by atoms with Crippen LogP contribution in [0.1, 0.15) is 22.3 Å². The Bertz CT molecular complexity index is 748. The van der Waals surface area contributed by atoms with Crippen molar-refractivity contribution in [3.8, 4) is 0 Å². The number of hydrogen-bond donors (Lipinski definition) is 0. The molecular formula is C14H7F9. The van der Waals surface area contributed by atoms with Gasteiger partial charge in [-0.1, -0.05) is 12.1 Å². The molecule has 0 amide bonds. The Balaban J connectivity index is 3.08. The van der Waals surface area contributed by atoms with Crippen LogP contribution >= 0.6 is 0 Å². The largest absolute Gasteiger partial charge is 0.417 e. The Morgan fingerprint density at radius 1 is 0.652 bits per heavy atom. The van der Waals surface area contributed by atoms with Crippen LogP contribution in [0.15, 0.2) is 24.3 Å². The van der Waals surface area contributed by atoms with Gasteiger partial charge in [-0.2, -0.15) is 39.5 Å². The van der Waals surface area contributed by atoms with Gasteiger partial charge in [-0.15, -0.1) is 0 Å². The Morgan fingerprint density at radius 3 is 1.57 bits per heavy atom. The molecule has 0 spiro atoms. The van der Waals surface area contributed by atoms with Crippen LogP contribution in [-0.2, 0) is 18.5 Å². The predicted molar refractivity (Wildman–Crippen MR) is 63.7 cm³/mol. The van der Waals surface area contributed by atoms with E-state index in [-0.39, 0.29) is 6.07 Å². The van der Waals surface area contributed by atoms with E-state index in [2.05, 4.69) is 0 Å². The van der Waals surface area contributed by atoms with Gasteiger partial charge in [0, 0.05) is 0 Å². The summed E-state index contributed by atoms with van der Waals surface area (Å²) in [6, 6.07) is 1.75. The predicted octanol–water partition coefficient (Wildman–Crippen LogP) is 6.20. The first kappa shape index (κ1) is 17.4. The maximum Gasteiger partial charge on any atom is 0.417 e. The van der Waals surface area contributed by atoms with Crippen LogP contribution in [0.5, 0.6) is 0 Å². The van der Waals surface area contributed by atoms with Crippen molar-refractivity contribution >= 4 is 10.8 Å². The third-order valence-corrected chi connectivity index (χ3v) is 3.34. The summed E-state index contributed by atoms with van der Waals surface area (Å²) in [7, 11) is 0. The third-order valence-electron chi connectivity index (χ3n) is 3.34. The van der Waals surface area contributed by atoms with Crippen LogP contribution in [0, 0.1) is 6.92 Å². The highest BCUT2D eigenvalue weighted by atomic mass is 19.4. The van der Waals surface area contributed by atoms with Gasteiger partial charge in [0.1, 0.15) is 0 Å². The van der Waals surface area contributed by atoms with E-state index >= 15 is 0 Å². The van der Waals surface area contributed by atoms with Gasteiger partial charge in [0.15, 0.2) is 0 Å². The number of benzene rings is 2. The van der Waals surface area contributed by atoms with Crippen molar-refractivity contribution in [1.82, 2.24) is 0 Å². The molecule has 23 heavy (non-hydrogen) atoms. The minimum Gasteiger partial charge on any atom is -0.166 e. The lowest BCUT2D eigenvalue weighted by molar-refractivity contribution is -0.143. The number of rotatable bonds is 0. The highest BCUT2D eigenvalue weighted by Crippen LogP contribution is 2.45. The molecule has 9 heteroatoms. The van der Waals surface area contributed by atoms with Crippen molar-refractivity contribution in [3.63, 3.8) is 0 Å². The molecule has 2 aromatic carbocycles. The number of halogens is 9. The zero-order chi connectivity index (χ0) is 17.8. The van der Waals surface area contributed by atoms with Crippen molar-refractivity contribution in [3.05, 3.63) is 46.5 Å². The Kier molecular flexibility index (Phi) is 3.82. The molecule has 2 rings (SSSR count). The molecule has 0 aliphatic rings. The highest BCUT2D eigenvalue weighted by molar-refractivity contribution is 5.93. The number of hydrogen-bond acceptors (Lipinski definition) is 0. The molecule has 0 N–H and O–H groups in total. The molecular weight excluding hydrogens is 339 g/mol. The van der Waals surface area contributed by atoms with Crippen molar-refractivity contribution < 1.29 is 39.5 Å². The maximum absolute atomic E-state index is 13.0. The quantitative estimate of drug-likeness (QED) is 0.498. The fourth-order valence-corrected chi connectivity index (χ4v) is 2.41. The molecule has 0 nitrogen and oxygen atoms in total. The van der Waals surface area contributed by atoms with Gasteiger partial charge < -0.3 is 0 Å². The Morgan fingerprint density at radius 2 is 1.13 bits per heavy atom. The summed E-state index contributed by atoms with van der Waals surface area (Å²) in [6.45, 7) is 0.723. The first-order valence-electron chi connectivity index (χ1n) is 6.02. The van der Waals surface area contributed by atoms with E-state index in [1.54, 1.807) is 0 Å². The number of aryl methyl sites for hydroxylation is 1. The van der Waals surface area contributed by atoms with Crippen LogP contribution < -0.4 is 0 Å². The molecule has 0 aliphatic carbocycles. The molecule has 0 fully saturated rings. The van der Waals surface area contributed by atoms with E-state index in [1.165, 1.54) is 0 Å². The zero-order valence-corrected chi connectivity index (χ0v) is 11.2. The van der Waals surface area contributed by atoms with E-state index in [0.29, 0.717) is 6.07 Å². The van der Waals surface area contributed by atoms with E-state index in [4.69, 9.17) is 0 Å². The molecule has 0 heterocycles. The van der Waals surface area contributed by atoms with Gasteiger partial charge in [-0.3, -0.25) is 0 Å². The second-order valence-electron chi connectivity index (χ2n) is 4.82. The number of alkyl halides is 9. The highest BCUT2D eigenvalue weighted by Gasteiger charge is 2.42. The molecule has 0 saturated heterocycles. The molecule has 0 saturated carbocycles. The lowest BCUT2D eigenvalue weighted by atomic mass is 9.91. The van der Waals surface area contributed by atoms with Gasteiger partial charge in [0.05, 0.1) is 16.7 Å². The smallest absolute Gasteiger partial charge is 0.166 e. The van der Waals surface area contributed by atoms with E-state index in [0.717, 1.165) is 19.1 Å². The van der Waals surface area contributed by atoms with E-state index < -0.39 is 51.6 Å². The van der Waals surface area contributed by atoms with Crippen molar-refractivity contribution in [1.29, 1.82) is 0 Å². The van der Waals surface area contributed by atoms with Crippen LogP contribution in [0.3, 0.4) is 0 Å². The summed E-state index contributed by atoms with van der Waals surface area (Å²) in [5, 5.41) is -2.01. The Labute approximate surface area is 123 Å². The summed E-state index contributed by atoms with van der Waals surface area (Å²) >= 11 is 0. The normalized spacial score (nSPS) is 13.7. The second-order valence-corrected chi connectivity index (χ2v) is 4.82. The lowest BCUT2D eigenvalue weighted by Gasteiger charge is -2.20. The first-order chi connectivity index (χ1) is 10.2. The fourth-order valence-electron chi connectivity index (χ4n) is 2.41. The van der Waals surface area contributed by atoms with Crippen LogP contribution in [0.2, 0.25) is 0 Å². The molecule has 2 aromatic rings. The van der Waals surface area contributed by atoms with Crippen LogP contribution in [-0.4, -0.2) is 0 Å². The lowest BCUT2D eigenvalue weighted by Crippen LogP contribution is -2.15. The van der Waals surface area contributed by atoms with Crippen molar-refractivity contribution in [2.75, 3.05) is 0 Å². The summed E-state index contributed by atoms with van der Waals surface area (Å²) in [5.74, 6) is 0. The molecule has 0 aromatic heterocycles. The molecule has 0 radical (unpaired) electrons. The fraction of sp³-hybridized carbons (Fsp3) is 0.286. The Hall–Kier alpha value is -1.93. The van der Waals surface area contributed by atoms with Gasteiger partial charge in [0.25, 0.3) is 0 Å². The van der Waals surface area contributed by atoms with Gasteiger partial charge >= 0.3 is 18.5 Å². The molecule has 0 atom stereocenters. The SMILES string of the molecule is Cc1c(C(F)(F)F)cc(C(F)(F)F)c2cccc(C(F)(F)F)c12. The number of fused-ring (bicyclic) bond motifs is 1. The molecule has 0 unspecified atom stereocenters. The minimum absolute atomic E-state index is 0.155. The summed E-state index contributed by atoms with van der Waals surface area (Å²) < 4.78 is 117. The summed E-state index contributed by atoms with van der Waals surface area (Å²) in [6.07, 6.45) is -15.5. The van der Waals surface area contributed by atoms with Crippen LogP contribution in [0.4, 0.5) is 39.5 Å². The second kappa shape index (κ2) is 5.04. The van der Waals surface area contributed by atoms with Crippen molar-refractivity contribution in [2.45, 2.75) is 25.5 Å². The summed E-state index contributed by atoms with van der Waals surface area (Å²) in [4.78, 5) is 0. The van der Waals surface area contributed by atoms with Gasteiger partial charge in [0.2, 0.25) is 0 Å².